The van der Waals surface area contributed by atoms with Crippen LogP contribution in [-0.2, 0) is 14.3 Å². The lowest BCUT2D eigenvalue weighted by Crippen LogP contribution is -2.41. The minimum Gasteiger partial charge on any atom is -0.469 e. The molecule has 1 amide bonds. The lowest BCUT2D eigenvalue weighted by atomic mass is 10.0. The van der Waals surface area contributed by atoms with Crippen LogP contribution in [0.15, 0.2) is 18.2 Å². The molecule has 23 heavy (non-hydrogen) atoms. The molecule has 0 aromatic heterocycles. The molecule has 0 aliphatic heterocycles. The van der Waals surface area contributed by atoms with Crippen molar-refractivity contribution in [3.8, 4) is 0 Å². The lowest BCUT2D eigenvalue weighted by molar-refractivity contribution is -0.146. The van der Waals surface area contributed by atoms with Gasteiger partial charge >= 0.3 is 5.97 Å². The van der Waals surface area contributed by atoms with Crippen molar-refractivity contribution >= 4 is 35.1 Å². The summed E-state index contributed by atoms with van der Waals surface area (Å²) in [5.41, 5.74) is 0.704. The van der Waals surface area contributed by atoms with Gasteiger partial charge < -0.3 is 9.64 Å². The number of methoxy groups -OCH3 is 1. The van der Waals surface area contributed by atoms with Gasteiger partial charge in [-0.15, -0.1) is 0 Å². The maximum absolute atomic E-state index is 12.8. The summed E-state index contributed by atoms with van der Waals surface area (Å²) in [6, 6.07) is 4.51. The van der Waals surface area contributed by atoms with Crippen molar-refractivity contribution in [3.63, 3.8) is 0 Å². The van der Waals surface area contributed by atoms with E-state index in [4.69, 9.17) is 27.9 Å². The van der Waals surface area contributed by atoms with Crippen LogP contribution in [0, 0.1) is 5.92 Å². The van der Waals surface area contributed by atoms with Crippen LogP contribution in [0.4, 0.5) is 0 Å². The van der Waals surface area contributed by atoms with Crippen LogP contribution in [0.3, 0.4) is 0 Å². The Labute approximate surface area is 147 Å². The lowest BCUT2D eigenvalue weighted by Gasteiger charge is -2.29. The zero-order valence-corrected chi connectivity index (χ0v) is 15.5. The first-order chi connectivity index (χ1) is 10.7. The first-order valence-corrected chi connectivity index (χ1v) is 7.88. The van der Waals surface area contributed by atoms with Crippen LogP contribution in [0.5, 0.6) is 0 Å². The van der Waals surface area contributed by atoms with Gasteiger partial charge in [0.2, 0.25) is 5.91 Å². The number of hydrogen-bond acceptors (Lipinski definition) is 4. The number of nitrogens with zero attached hydrogens (tertiary/aromatic N) is 2. The van der Waals surface area contributed by atoms with Crippen molar-refractivity contribution in [2.45, 2.75) is 13.0 Å². The normalized spacial score (nSPS) is 13.6. The summed E-state index contributed by atoms with van der Waals surface area (Å²) in [5.74, 6) is -0.902. The van der Waals surface area contributed by atoms with Crippen LogP contribution in [0.2, 0.25) is 10.0 Å². The Kier molecular flexibility index (Phi) is 7.32. The van der Waals surface area contributed by atoms with E-state index in [0.717, 1.165) is 0 Å². The highest BCUT2D eigenvalue weighted by molar-refractivity contribution is 6.34. The third kappa shape index (κ3) is 5.37. The van der Waals surface area contributed by atoms with Crippen molar-refractivity contribution in [1.29, 1.82) is 0 Å². The maximum atomic E-state index is 12.8. The van der Waals surface area contributed by atoms with E-state index in [2.05, 4.69) is 0 Å². The number of likely N-dealkylation sites (N-methyl/N-ethyl adjacent to an activating group) is 2. The molecule has 0 spiro atoms. The minimum atomic E-state index is -0.541. The molecule has 1 rings (SSSR count). The highest BCUT2D eigenvalue weighted by Crippen LogP contribution is 2.27. The first-order valence-electron chi connectivity index (χ1n) is 7.12. The van der Waals surface area contributed by atoms with Crippen molar-refractivity contribution in [2.24, 2.45) is 5.92 Å². The monoisotopic (exact) mass is 360 g/mol. The molecular weight excluding hydrogens is 339 g/mol. The van der Waals surface area contributed by atoms with E-state index in [0.29, 0.717) is 15.6 Å². The topological polar surface area (TPSA) is 49.9 Å². The molecule has 0 bridgehead atoms. The van der Waals surface area contributed by atoms with Crippen molar-refractivity contribution in [2.75, 3.05) is 34.8 Å². The van der Waals surface area contributed by atoms with E-state index in [1.54, 1.807) is 51.2 Å². The van der Waals surface area contributed by atoms with Crippen LogP contribution in [0.25, 0.3) is 0 Å². The van der Waals surface area contributed by atoms with Gasteiger partial charge in [0.05, 0.1) is 13.0 Å². The van der Waals surface area contributed by atoms with Crippen LogP contribution < -0.4 is 0 Å². The standard InChI is InChI=1S/C16H22Cl2N2O3/c1-10(16(22)23-5)9-20(4)15(21)14(19(2)3)11-6-12(17)8-13(18)7-11/h6-8,10,14H,9H2,1-5H3/t10-,14+/m1/s1. The molecule has 0 saturated carbocycles. The summed E-state index contributed by atoms with van der Waals surface area (Å²) in [6.07, 6.45) is 0. The summed E-state index contributed by atoms with van der Waals surface area (Å²) in [6.45, 7) is 1.99. The highest BCUT2D eigenvalue weighted by Gasteiger charge is 2.28. The summed E-state index contributed by atoms with van der Waals surface area (Å²) >= 11 is 12.1. The molecule has 0 aliphatic rings. The van der Waals surface area contributed by atoms with Gasteiger partial charge in [-0.25, -0.2) is 0 Å². The molecule has 0 saturated heterocycles. The number of carbonyl (C=O) groups excluding carboxylic acids is 2. The van der Waals surface area contributed by atoms with E-state index in [9.17, 15) is 9.59 Å². The van der Waals surface area contributed by atoms with E-state index in [1.165, 1.54) is 12.0 Å². The Morgan fingerprint density at radius 2 is 1.65 bits per heavy atom. The van der Waals surface area contributed by atoms with Gasteiger partial charge in [-0.2, -0.15) is 0 Å². The number of amides is 1. The molecule has 2 atom stereocenters. The summed E-state index contributed by atoms with van der Waals surface area (Å²) in [4.78, 5) is 27.6. The predicted octanol–water partition coefficient (Wildman–Crippen LogP) is 2.86. The fourth-order valence-electron chi connectivity index (χ4n) is 2.38. The molecule has 0 N–H and O–H groups in total. The number of esters is 1. The van der Waals surface area contributed by atoms with Gasteiger partial charge in [-0.1, -0.05) is 30.1 Å². The van der Waals surface area contributed by atoms with Gasteiger partial charge in [0.15, 0.2) is 0 Å². The molecule has 1 aromatic carbocycles. The average Bonchev–Trinajstić information content (AvgIpc) is 2.44. The number of ether oxygens (including phenoxy) is 1. The van der Waals surface area contributed by atoms with E-state index in [1.807, 2.05) is 0 Å². The van der Waals surface area contributed by atoms with Crippen LogP contribution >= 0.6 is 23.2 Å². The molecule has 5 nitrogen and oxygen atoms in total. The number of rotatable bonds is 6. The predicted molar refractivity (Wildman–Crippen MR) is 91.7 cm³/mol. The van der Waals surface area contributed by atoms with Gasteiger partial charge in [0.1, 0.15) is 6.04 Å². The molecule has 0 radical (unpaired) electrons. The number of halogens is 2. The van der Waals surface area contributed by atoms with Crippen molar-refractivity contribution < 1.29 is 14.3 Å². The number of hydrogen-bond donors (Lipinski definition) is 0. The molecule has 1 aromatic rings. The summed E-state index contributed by atoms with van der Waals surface area (Å²) in [7, 11) is 6.59. The van der Waals surface area contributed by atoms with E-state index >= 15 is 0 Å². The molecular formula is C16H22Cl2N2O3. The van der Waals surface area contributed by atoms with E-state index < -0.39 is 12.0 Å². The third-order valence-electron chi connectivity index (χ3n) is 3.48. The zero-order chi connectivity index (χ0) is 17.7. The second kappa shape index (κ2) is 8.52. The highest BCUT2D eigenvalue weighted by atomic mass is 35.5. The van der Waals surface area contributed by atoms with Gasteiger partial charge in [0, 0.05) is 23.6 Å². The second-order valence-electron chi connectivity index (χ2n) is 5.71. The Hall–Kier alpha value is -1.30. The fourth-order valence-corrected chi connectivity index (χ4v) is 2.92. The fraction of sp³-hybridized carbons (Fsp3) is 0.500. The molecule has 0 aliphatic carbocycles. The largest absolute Gasteiger partial charge is 0.469 e. The molecule has 128 valence electrons. The molecule has 0 heterocycles. The Bertz CT molecular complexity index is 558. The molecule has 0 unspecified atom stereocenters. The van der Waals surface area contributed by atoms with Crippen molar-refractivity contribution in [1.82, 2.24) is 9.80 Å². The quantitative estimate of drug-likeness (QED) is 0.731. The van der Waals surface area contributed by atoms with Gasteiger partial charge in [0.25, 0.3) is 0 Å². The van der Waals surface area contributed by atoms with E-state index in [-0.39, 0.29) is 18.4 Å². The smallest absolute Gasteiger partial charge is 0.310 e. The Balaban J connectivity index is 3.01. The molecule has 0 fully saturated rings. The Morgan fingerprint density at radius 3 is 2.09 bits per heavy atom. The first kappa shape index (κ1) is 19.7. The van der Waals surface area contributed by atoms with Crippen molar-refractivity contribution in [3.05, 3.63) is 33.8 Å². The average molecular weight is 361 g/mol. The summed E-state index contributed by atoms with van der Waals surface area (Å²) < 4.78 is 4.69. The molecule has 7 heteroatoms. The van der Waals surface area contributed by atoms with Crippen LogP contribution in [-0.4, -0.2) is 56.5 Å². The SMILES string of the molecule is COC(=O)[C@H](C)CN(C)C(=O)[C@H](c1cc(Cl)cc(Cl)c1)N(C)C. The second-order valence-corrected chi connectivity index (χ2v) is 6.58. The van der Waals surface area contributed by atoms with Crippen LogP contribution in [0.1, 0.15) is 18.5 Å². The minimum absolute atomic E-state index is 0.149. The summed E-state index contributed by atoms with van der Waals surface area (Å²) in [5, 5.41) is 0.940. The maximum Gasteiger partial charge on any atom is 0.310 e. The van der Waals surface area contributed by atoms with Gasteiger partial charge in [-0.3, -0.25) is 14.5 Å². The third-order valence-corrected chi connectivity index (χ3v) is 3.91. The zero-order valence-electron chi connectivity index (χ0n) is 14.0. The number of carbonyl (C=O) groups is 2. The van der Waals surface area contributed by atoms with Gasteiger partial charge in [-0.05, 0) is 37.9 Å². The Morgan fingerprint density at radius 1 is 1.13 bits per heavy atom. The number of benzene rings is 1.